The second-order valence-corrected chi connectivity index (χ2v) is 5.55. The van der Waals surface area contributed by atoms with Crippen LogP contribution in [-0.4, -0.2) is 49.3 Å². The molecular weight excluding hydrogens is 212 g/mol. The molecule has 0 aromatic carbocycles. The average Bonchev–Trinajstić information content (AvgIpc) is 2.30. The van der Waals surface area contributed by atoms with Gasteiger partial charge in [0, 0.05) is 25.7 Å². The van der Waals surface area contributed by atoms with E-state index in [9.17, 15) is 0 Å². The minimum atomic E-state index is 0.103. The molecule has 0 radical (unpaired) electrons. The van der Waals surface area contributed by atoms with E-state index in [4.69, 9.17) is 4.74 Å². The molecule has 1 aliphatic rings. The zero-order chi connectivity index (χ0) is 12.7. The van der Waals surface area contributed by atoms with Crippen LogP contribution in [0.25, 0.3) is 0 Å². The molecule has 1 heterocycles. The molecule has 1 N–H and O–H groups in total. The Morgan fingerprint density at radius 1 is 1.29 bits per heavy atom. The highest BCUT2D eigenvalue weighted by Crippen LogP contribution is 2.15. The summed E-state index contributed by atoms with van der Waals surface area (Å²) in [5.74, 6) is 0. The molecule has 3 nitrogen and oxygen atoms in total. The van der Waals surface area contributed by atoms with E-state index in [0.717, 1.165) is 26.2 Å². The maximum atomic E-state index is 5.97. The van der Waals surface area contributed by atoms with Crippen molar-refractivity contribution in [1.82, 2.24) is 10.2 Å². The average molecular weight is 242 g/mol. The summed E-state index contributed by atoms with van der Waals surface area (Å²) >= 11 is 0. The highest BCUT2D eigenvalue weighted by Gasteiger charge is 2.32. The molecule has 0 aromatic heterocycles. The third kappa shape index (κ3) is 4.94. The van der Waals surface area contributed by atoms with Gasteiger partial charge in [-0.3, -0.25) is 4.90 Å². The van der Waals surface area contributed by atoms with Crippen molar-refractivity contribution in [2.24, 2.45) is 0 Å². The summed E-state index contributed by atoms with van der Waals surface area (Å²) in [5.41, 5.74) is 0.103. The number of ether oxygens (including phenoxy) is 1. The van der Waals surface area contributed by atoms with Crippen molar-refractivity contribution in [1.29, 1.82) is 0 Å². The molecule has 1 rings (SSSR count). The van der Waals surface area contributed by atoms with Crippen LogP contribution < -0.4 is 5.32 Å². The van der Waals surface area contributed by atoms with Crippen LogP contribution in [0, 0.1) is 0 Å². The second-order valence-electron chi connectivity index (χ2n) is 5.55. The molecule has 1 fully saturated rings. The Morgan fingerprint density at radius 2 is 2.00 bits per heavy atom. The van der Waals surface area contributed by atoms with E-state index < -0.39 is 0 Å². The summed E-state index contributed by atoms with van der Waals surface area (Å²) in [7, 11) is 0. The first kappa shape index (κ1) is 14.9. The quantitative estimate of drug-likeness (QED) is 0.671. The normalized spacial score (nSPS) is 20.3. The van der Waals surface area contributed by atoms with E-state index in [1.165, 1.54) is 25.8 Å². The zero-order valence-corrected chi connectivity index (χ0v) is 12.1. The van der Waals surface area contributed by atoms with Gasteiger partial charge in [0.1, 0.15) is 0 Å². The molecule has 1 atom stereocenters. The Bertz CT molecular complexity index is 204. The fourth-order valence-electron chi connectivity index (χ4n) is 2.16. The van der Waals surface area contributed by atoms with Gasteiger partial charge < -0.3 is 10.1 Å². The van der Waals surface area contributed by atoms with Crippen LogP contribution in [0.4, 0.5) is 0 Å². The maximum Gasteiger partial charge on any atom is 0.0902 e. The number of hydrogen-bond acceptors (Lipinski definition) is 3. The fraction of sp³-hybridized carbons (Fsp3) is 1.00. The van der Waals surface area contributed by atoms with Crippen LogP contribution in [-0.2, 0) is 4.74 Å². The van der Waals surface area contributed by atoms with Gasteiger partial charge in [0.25, 0.3) is 0 Å². The van der Waals surface area contributed by atoms with Crippen LogP contribution in [0.15, 0.2) is 0 Å². The minimum absolute atomic E-state index is 0.103. The Balaban J connectivity index is 2.22. The van der Waals surface area contributed by atoms with Gasteiger partial charge in [-0.25, -0.2) is 0 Å². The van der Waals surface area contributed by atoms with Crippen LogP contribution in [0.5, 0.6) is 0 Å². The highest BCUT2D eigenvalue weighted by atomic mass is 16.5. The molecule has 3 heteroatoms. The van der Waals surface area contributed by atoms with E-state index >= 15 is 0 Å². The first-order chi connectivity index (χ1) is 8.11. The van der Waals surface area contributed by atoms with E-state index in [2.05, 4.69) is 37.9 Å². The van der Waals surface area contributed by atoms with Crippen molar-refractivity contribution in [3.05, 3.63) is 0 Å². The lowest BCUT2D eigenvalue weighted by atomic mass is 10.0. The summed E-state index contributed by atoms with van der Waals surface area (Å²) in [6.45, 7) is 14.2. The molecular formula is C14H30N2O. The van der Waals surface area contributed by atoms with Crippen LogP contribution in [0.1, 0.15) is 47.0 Å². The monoisotopic (exact) mass is 242 g/mol. The van der Waals surface area contributed by atoms with E-state index in [1.807, 2.05) is 0 Å². The Morgan fingerprint density at radius 3 is 2.47 bits per heavy atom. The molecule has 1 aliphatic heterocycles. The third-order valence-corrected chi connectivity index (χ3v) is 3.84. The van der Waals surface area contributed by atoms with Crippen molar-refractivity contribution in [2.45, 2.75) is 58.6 Å². The molecule has 1 unspecified atom stereocenters. The molecule has 0 aliphatic carbocycles. The first-order valence-electron chi connectivity index (χ1n) is 7.20. The fourth-order valence-corrected chi connectivity index (χ4v) is 2.16. The lowest BCUT2D eigenvalue weighted by Crippen LogP contribution is -2.59. The molecule has 0 spiro atoms. The van der Waals surface area contributed by atoms with Gasteiger partial charge >= 0.3 is 0 Å². The molecule has 0 aromatic rings. The predicted molar refractivity (Wildman–Crippen MR) is 73.5 cm³/mol. The lowest BCUT2D eigenvalue weighted by molar-refractivity contribution is -0.0742. The zero-order valence-electron chi connectivity index (χ0n) is 12.1. The number of unbranched alkanes of at least 4 members (excludes halogenated alkanes) is 1. The number of nitrogens with zero attached hydrogens (tertiary/aromatic N) is 1. The summed E-state index contributed by atoms with van der Waals surface area (Å²) in [4.78, 5) is 2.57. The van der Waals surface area contributed by atoms with Crippen molar-refractivity contribution in [3.8, 4) is 0 Å². The first-order valence-corrected chi connectivity index (χ1v) is 7.20. The van der Waals surface area contributed by atoms with Gasteiger partial charge in [-0.15, -0.1) is 0 Å². The van der Waals surface area contributed by atoms with Gasteiger partial charge in [0.05, 0.1) is 12.2 Å². The van der Waals surface area contributed by atoms with E-state index in [0.29, 0.717) is 6.04 Å². The third-order valence-electron chi connectivity index (χ3n) is 3.84. The topological polar surface area (TPSA) is 24.5 Å². The molecule has 102 valence electrons. The number of hydrogen-bond donors (Lipinski definition) is 1. The van der Waals surface area contributed by atoms with Crippen LogP contribution in [0.3, 0.4) is 0 Å². The van der Waals surface area contributed by atoms with Gasteiger partial charge in [0.15, 0.2) is 0 Å². The minimum Gasteiger partial charge on any atom is -0.371 e. The van der Waals surface area contributed by atoms with Gasteiger partial charge in [-0.1, -0.05) is 20.3 Å². The lowest BCUT2D eigenvalue weighted by Gasteiger charge is -2.40. The smallest absolute Gasteiger partial charge is 0.0902 e. The van der Waals surface area contributed by atoms with Gasteiger partial charge in [-0.2, -0.15) is 0 Å². The standard InChI is InChI=1S/C14H30N2O/c1-5-7-8-16(13(3)6-2)9-10-17-14(4)11-15-12-14/h13,15H,5-12H2,1-4H3. The summed E-state index contributed by atoms with van der Waals surface area (Å²) in [6.07, 6.45) is 3.79. The summed E-state index contributed by atoms with van der Waals surface area (Å²) in [5, 5.41) is 3.27. The van der Waals surface area contributed by atoms with E-state index in [-0.39, 0.29) is 5.60 Å². The summed E-state index contributed by atoms with van der Waals surface area (Å²) < 4.78 is 5.97. The van der Waals surface area contributed by atoms with Crippen molar-refractivity contribution in [3.63, 3.8) is 0 Å². The highest BCUT2D eigenvalue weighted by molar-refractivity contribution is 4.90. The van der Waals surface area contributed by atoms with Crippen molar-refractivity contribution >= 4 is 0 Å². The summed E-state index contributed by atoms with van der Waals surface area (Å²) in [6, 6.07) is 0.678. The van der Waals surface area contributed by atoms with Crippen LogP contribution in [0.2, 0.25) is 0 Å². The predicted octanol–water partition coefficient (Wildman–Crippen LogP) is 2.27. The Hall–Kier alpha value is -0.120. The molecule has 0 saturated carbocycles. The van der Waals surface area contributed by atoms with Gasteiger partial charge in [0.2, 0.25) is 0 Å². The number of rotatable bonds is 9. The molecule has 0 bridgehead atoms. The van der Waals surface area contributed by atoms with Crippen molar-refractivity contribution in [2.75, 3.05) is 32.8 Å². The largest absolute Gasteiger partial charge is 0.371 e. The van der Waals surface area contributed by atoms with Crippen LogP contribution >= 0.6 is 0 Å². The number of nitrogens with one attached hydrogen (secondary N) is 1. The van der Waals surface area contributed by atoms with Crippen molar-refractivity contribution < 1.29 is 4.74 Å². The van der Waals surface area contributed by atoms with E-state index in [1.54, 1.807) is 0 Å². The molecule has 0 amide bonds. The van der Waals surface area contributed by atoms with Gasteiger partial charge in [-0.05, 0) is 33.2 Å². The Labute approximate surface area is 107 Å². The SMILES string of the molecule is CCCCN(CCOC1(C)CNC1)C(C)CC. The maximum absolute atomic E-state index is 5.97. The molecule has 1 saturated heterocycles. The Kier molecular flexibility index (Phi) is 6.45. The molecule has 17 heavy (non-hydrogen) atoms. The second kappa shape index (κ2) is 7.34.